The Balaban J connectivity index is 1.32. The predicted molar refractivity (Wildman–Crippen MR) is 141 cm³/mol. The van der Waals surface area contributed by atoms with Crippen LogP contribution in [0, 0.1) is 0 Å². The Morgan fingerprint density at radius 1 is 0.972 bits per heavy atom. The fraction of sp³-hybridized carbons (Fsp3) is 0.0357. The largest absolute Gasteiger partial charge is 0.489 e. The average Bonchev–Trinajstić information content (AvgIpc) is 3.36. The molecule has 0 aliphatic heterocycles. The first kappa shape index (κ1) is 23.7. The zero-order chi connectivity index (χ0) is 24.9. The van der Waals surface area contributed by atoms with Crippen LogP contribution in [0.5, 0.6) is 5.75 Å². The molecule has 5 rings (SSSR count). The monoisotopic (exact) mass is 514 g/mol. The van der Waals surface area contributed by atoms with Gasteiger partial charge in [0.05, 0.1) is 0 Å². The van der Waals surface area contributed by atoms with Crippen molar-refractivity contribution in [1.82, 2.24) is 10.2 Å². The highest BCUT2D eigenvalue weighted by Crippen LogP contribution is 2.31. The van der Waals surface area contributed by atoms with E-state index in [1.807, 2.05) is 36.4 Å². The second kappa shape index (κ2) is 10.7. The maximum Gasteiger partial charge on any atom is 0.342 e. The van der Waals surface area contributed by atoms with Crippen LogP contribution in [0.15, 0.2) is 106 Å². The number of benzene rings is 4. The SMILES string of the molecule is O=C(O)/C(=C/c1cccc(OCc2cccc3ccccc23)c1)Sc1nnc(-c2ccc(Cl)cc2)o1. The summed E-state index contributed by atoms with van der Waals surface area (Å²) in [4.78, 5) is 12.0. The molecule has 0 fully saturated rings. The van der Waals surface area contributed by atoms with E-state index in [9.17, 15) is 9.90 Å². The Morgan fingerprint density at radius 3 is 2.58 bits per heavy atom. The van der Waals surface area contributed by atoms with Crippen molar-refractivity contribution in [2.75, 3.05) is 0 Å². The van der Waals surface area contributed by atoms with Crippen molar-refractivity contribution >= 4 is 46.2 Å². The molecule has 0 amide bonds. The van der Waals surface area contributed by atoms with E-state index in [0.29, 0.717) is 28.5 Å². The molecule has 0 saturated heterocycles. The minimum absolute atomic E-state index is 0.0347. The smallest absolute Gasteiger partial charge is 0.342 e. The third-order valence-electron chi connectivity index (χ3n) is 5.34. The molecule has 0 radical (unpaired) electrons. The molecule has 0 atom stereocenters. The highest BCUT2D eigenvalue weighted by Gasteiger charge is 2.16. The molecule has 1 aromatic heterocycles. The maximum absolute atomic E-state index is 11.9. The molecule has 0 saturated carbocycles. The van der Waals surface area contributed by atoms with Gasteiger partial charge in [0.15, 0.2) is 0 Å². The van der Waals surface area contributed by atoms with Gasteiger partial charge < -0.3 is 14.3 Å². The van der Waals surface area contributed by atoms with Gasteiger partial charge in [0, 0.05) is 10.6 Å². The molecule has 8 heteroatoms. The third-order valence-corrected chi connectivity index (χ3v) is 6.44. The highest BCUT2D eigenvalue weighted by molar-refractivity contribution is 8.03. The van der Waals surface area contributed by atoms with Gasteiger partial charge in [-0.05, 0) is 76.1 Å². The minimum Gasteiger partial charge on any atom is -0.489 e. The summed E-state index contributed by atoms with van der Waals surface area (Å²) in [5.41, 5.74) is 2.44. The summed E-state index contributed by atoms with van der Waals surface area (Å²) < 4.78 is 11.7. The minimum atomic E-state index is -1.10. The van der Waals surface area contributed by atoms with Crippen LogP contribution in [0.4, 0.5) is 0 Å². The number of carbonyl (C=O) groups is 1. The number of hydrogen-bond donors (Lipinski definition) is 1. The van der Waals surface area contributed by atoms with Gasteiger partial charge in [-0.2, -0.15) is 0 Å². The Hall–Kier alpha value is -4.07. The molecule has 0 unspecified atom stereocenters. The number of nitrogens with zero attached hydrogens (tertiary/aromatic N) is 2. The van der Waals surface area contributed by atoms with E-state index in [1.54, 1.807) is 42.5 Å². The molecule has 1 heterocycles. The Kier molecular flexibility index (Phi) is 7.02. The van der Waals surface area contributed by atoms with Crippen molar-refractivity contribution in [1.29, 1.82) is 0 Å². The summed E-state index contributed by atoms with van der Waals surface area (Å²) in [5, 5.41) is 20.7. The van der Waals surface area contributed by atoms with Crippen LogP contribution < -0.4 is 4.74 Å². The first-order valence-corrected chi connectivity index (χ1v) is 12.2. The first-order valence-electron chi connectivity index (χ1n) is 11.0. The summed E-state index contributed by atoms with van der Waals surface area (Å²) in [6.45, 7) is 0.393. The third kappa shape index (κ3) is 5.59. The Morgan fingerprint density at radius 2 is 1.75 bits per heavy atom. The van der Waals surface area contributed by atoms with Crippen LogP contribution >= 0.6 is 23.4 Å². The molecule has 0 bridgehead atoms. The van der Waals surface area contributed by atoms with Gasteiger partial charge in [-0.15, -0.1) is 10.2 Å². The van der Waals surface area contributed by atoms with Crippen LogP contribution in [-0.4, -0.2) is 21.3 Å². The van der Waals surface area contributed by atoms with Crippen LogP contribution in [0.3, 0.4) is 0 Å². The van der Waals surface area contributed by atoms with Crippen LogP contribution in [0.1, 0.15) is 11.1 Å². The topological polar surface area (TPSA) is 85.5 Å². The fourth-order valence-corrected chi connectivity index (χ4v) is 4.41. The molecule has 6 nitrogen and oxygen atoms in total. The van der Waals surface area contributed by atoms with Gasteiger partial charge in [-0.25, -0.2) is 4.79 Å². The van der Waals surface area contributed by atoms with E-state index in [4.69, 9.17) is 20.8 Å². The van der Waals surface area contributed by atoms with Crippen molar-refractivity contribution in [3.05, 3.63) is 112 Å². The lowest BCUT2D eigenvalue weighted by Gasteiger charge is -2.10. The maximum atomic E-state index is 11.9. The summed E-state index contributed by atoms with van der Waals surface area (Å²) in [7, 11) is 0. The van der Waals surface area contributed by atoms with Crippen molar-refractivity contribution in [2.24, 2.45) is 0 Å². The van der Waals surface area contributed by atoms with Gasteiger partial charge in [0.2, 0.25) is 5.89 Å². The molecule has 1 N–H and O–H groups in total. The average molecular weight is 515 g/mol. The summed E-state index contributed by atoms with van der Waals surface area (Å²) in [6, 6.07) is 28.4. The predicted octanol–water partition coefficient (Wildman–Crippen LogP) is 7.34. The number of aliphatic carboxylic acids is 1. The number of ether oxygens (including phenoxy) is 1. The molecule has 178 valence electrons. The Labute approximate surface area is 216 Å². The van der Waals surface area contributed by atoms with E-state index in [1.165, 1.54) is 0 Å². The second-order valence-corrected chi connectivity index (χ2v) is 9.22. The number of aromatic nitrogens is 2. The molecular weight excluding hydrogens is 496 g/mol. The zero-order valence-electron chi connectivity index (χ0n) is 18.8. The van der Waals surface area contributed by atoms with Crippen LogP contribution in [-0.2, 0) is 11.4 Å². The van der Waals surface area contributed by atoms with E-state index in [-0.39, 0.29) is 16.0 Å². The molecule has 5 aromatic rings. The molecule has 0 spiro atoms. The van der Waals surface area contributed by atoms with Gasteiger partial charge >= 0.3 is 5.97 Å². The molecule has 36 heavy (non-hydrogen) atoms. The molecule has 4 aromatic carbocycles. The standard InChI is InChI=1S/C28H19ClN2O4S/c29-22-13-11-20(12-14-22)26-30-31-28(35-26)36-25(27(32)33)16-18-5-3-9-23(15-18)34-17-21-8-4-7-19-6-1-2-10-24(19)21/h1-16H,17H2,(H,32,33)/b25-16-. The number of hydrogen-bond acceptors (Lipinski definition) is 6. The van der Waals surface area contributed by atoms with Crippen LogP contribution in [0.25, 0.3) is 28.3 Å². The summed E-state index contributed by atoms with van der Waals surface area (Å²) >= 11 is 6.80. The van der Waals surface area contributed by atoms with E-state index in [2.05, 4.69) is 28.4 Å². The molecule has 0 aliphatic carbocycles. The molecule has 0 aliphatic rings. The van der Waals surface area contributed by atoms with E-state index >= 15 is 0 Å². The lowest BCUT2D eigenvalue weighted by Crippen LogP contribution is -1.98. The quantitative estimate of drug-likeness (QED) is 0.171. The van der Waals surface area contributed by atoms with E-state index < -0.39 is 5.97 Å². The van der Waals surface area contributed by atoms with Gasteiger partial charge in [0.25, 0.3) is 5.22 Å². The summed E-state index contributed by atoms with van der Waals surface area (Å²) in [5.74, 6) is -0.190. The second-order valence-electron chi connectivity index (χ2n) is 7.80. The normalized spacial score (nSPS) is 11.5. The lowest BCUT2D eigenvalue weighted by atomic mass is 10.1. The zero-order valence-corrected chi connectivity index (χ0v) is 20.4. The fourth-order valence-electron chi connectivity index (χ4n) is 3.61. The van der Waals surface area contributed by atoms with Gasteiger partial charge in [-0.1, -0.05) is 66.2 Å². The number of thioether (sulfide) groups is 1. The highest BCUT2D eigenvalue weighted by atomic mass is 35.5. The van der Waals surface area contributed by atoms with Gasteiger partial charge in [-0.3, -0.25) is 0 Å². The number of rotatable bonds is 8. The number of carboxylic acids is 1. The van der Waals surface area contributed by atoms with E-state index in [0.717, 1.165) is 28.1 Å². The lowest BCUT2D eigenvalue weighted by molar-refractivity contribution is -0.131. The van der Waals surface area contributed by atoms with Crippen molar-refractivity contribution in [3.63, 3.8) is 0 Å². The van der Waals surface area contributed by atoms with Gasteiger partial charge in [0.1, 0.15) is 17.3 Å². The first-order chi connectivity index (χ1) is 17.5. The number of fused-ring (bicyclic) bond motifs is 1. The number of halogens is 1. The van der Waals surface area contributed by atoms with Crippen molar-refractivity contribution in [2.45, 2.75) is 11.8 Å². The van der Waals surface area contributed by atoms with Crippen molar-refractivity contribution in [3.8, 4) is 17.2 Å². The van der Waals surface area contributed by atoms with Crippen molar-refractivity contribution < 1.29 is 19.1 Å². The number of carboxylic acid groups (broad SMARTS) is 1. The molecular formula is C28H19ClN2O4S. The van der Waals surface area contributed by atoms with Crippen LogP contribution in [0.2, 0.25) is 5.02 Å². The Bertz CT molecular complexity index is 1560. The summed E-state index contributed by atoms with van der Waals surface area (Å²) in [6.07, 6.45) is 1.55.